The molecule has 1 aromatic rings. The van der Waals surface area contributed by atoms with Crippen molar-refractivity contribution in [1.82, 2.24) is 5.32 Å². The number of halogens is 2. The lowest BCUT2D eigenvalue weighted by Crippen LogP contribution is -2.27. The number of ether oxygens (including phenoxy) is 1. The number of esters is 1. The third-order valence-electron chi connectivity index (χ3n) is 2.26. The second-order valence-electron chi connectivity index (χ2n) is 3.66. The average molecular weight is 272 g/mol. The third-order valence-corrected chi connectivity index (χ3v) is 2.26. The van der Waals surface area contributed by atoms with Crippen molar-refractivity contribution in [3.05, 3.63) is 29.3 Å². The fourth-order valence-electron chi connectivity index (χ4n) is 1.37. The molecule has 0 bridgehead atoms. The molecule has 0 aromatic heterocycles. The highest BCUT2D eigenvalue weighted by molar-refractivity contribution is 5.99. The van der Waals surface area contributed by atoms with Gasteiger partial charge in [0.1, 0.15) is 0 Å². The first kappa shape index (κ1) is 14.9. The van der Waals surface area contributed by atoms with Crippen LogP contribution in [0.2, 0.25) is 0 Å². The van der Waals surface area contributed by atoms with Gasteiger partial charge < -0.3 is 15.8 Å². The van der Waals surface area contributed by atoms with Crippen molar-refractivity contribution in [1.29, 1.82) is 0 Å². The largest absolute Gasteiger partial charge is 0.466 e. The minimum absolute atomic E-state index is 0.0108. The van der Waals surface area contributed by atoms with Gasteiger partial charge in [-0.1, -0.05) is 0 Å². The van der Waals surface area contributed by atoms with Crippen molar-refractivity contribution in [2.24, 2.45) is 0 Å². The predicted octanol–water partition coefficient (Wildman–Crippen LogP) is 1.23. The summed E-state index contributed by atoms with van der Waals surface area (Å²) in [7, 11) is 0. The molecule has 0 spiro atoms. The molecule has 19 heavy (non-hydrogen) atoms. The number of hydrogen-bond acceptors (Lipinski definition) is 4. The molecule has 0 aliphatic carbocycles. The minimum atomic E-state index is -1.16. The summed E-state index contributed by atoms with van der Waals surface area (Å²) in [4.78, 5) is 22.7. The van der Waals surface area contributed by atoms with Gasteiger partial charge in [-0.05, 0) is 13.0 Å². The van der Waals surface area contributed by atoms with Gasteiger partial charge in [0.05, 0.1) is 18.6 Å². The first-order valence-electron chi connectivity index (χ1n) is 5.64. The van der Waals surface area contributed by atoms with Crippen LogP contribution >= 0.6 is 0 Å². The maximum absolute atomic E-state index is 13.0. The second kappa shape index (κ2) is 6.67. The fourth-order valence-corrected chi connectivity index (χ4v) is 1.37. The zero-order valence-corrected chi connectivity index (χ0v) is 10.3. The highest BCUT2D eigenvalue weighted by Crippen LogP contribution is 2.16. The van der Waals surface area contributed by atoms with Gasteiger partial charge in [-0.3, -0.25) is 9.59 Å². The molecule has 0 saturated carbocycles. The van der Waals surface area contributed by atoms with E-state index in [9.17, 15) is 18.4 Å². The molecule has 3 N–H and O–H groups in total. The topological polar surface area (TPSA) is 81.4 Å². The van der Waals surface area contributed by atoms with E-state index >= 15 is 0 Å². The smallest absolute Gasteiger partial charge is 0.307 e. The van der Waals surface area contributed by atoms with Crippen LogP contribution in [0.3, 0.4) is 0 Å². The van der Waals surface area contributed by atoms with Gasteiger partial charge >= 0.3 is 5.97 Å². The normalized spacial score (nSPS) is 10.1. The summed E-state index contributed by atoms with van der Waals surface area (Å²) in [5.41, 5.74) is 5.06. The van der Waals surface area contributed by atoms with E-state index in [1.54, 1.807) is 6.92 Å². The van der Waals surface area contributed by atoms with Crippen LogP contribution < -0.4 is 11.1 Å². The van der Waals surface area contributed by atoms with Gasteiger partial charge in [0.25, 0.3) is 5.91 Å². The van der Waals surface area contributed by atoms with Crippen LogP contribution in [0.1, 0.15) is 23.7 Å². The van der Waals surface area contributed by atoms with Crippen LogP contribution in [-0.4, -0.2) is 25.0 Å². The van der Waals surface area contributed by atoms with Crippen LogP contribution in [0.4, 0.5) is 14.5 Å². The SMILES string of the molecule is CCOC(=O)CCNC(=O)c1cc(F)c(F)cc1N. The molecule has 0 heterocycles. The van der Waals surface area contributed by atoms with Crippen molar-refractivity contribution >= 4 is 17.6 Å². The molecule has 104 valence electrons. The Balaban J connectivity index is 2.59. The number of nitrogens with two attached hydrogens (primary N) is 1. The predicted molar refractivity (Wildman–Crippen MR) is 64.4 cm³/mol. The molecular formula is C12H14F2N2O3. The second-order valence-corrected chi connectivity index (χ2v) is 3.66. The Morgan fingerprint density at radius 1 is 1.32 bits per heavy atom. The van der Waals surface area contributed by atoms with E-state index in [2.05, 4.69) is 10.1 Å². The van der Waals surface area contributed by atoms with Gasteiger partial charge in [0.2, 0.25) is 0 Å². The number of carbonyl (C=O) groups is 2. The van der Waals surface area contributed by atoms with Gasteiger partial charge in [0, 0.05) is 18.3 Å². The maximum Gasteiger partial charge on any atom is 0.307 e. The number of amides is 1. The molecule has 5 nitrogen and oxygen atoms in total. The molecule has 1 amide bonds. The number of anilines is 1. The molecular weight excluding hydrogens is 258 g/mol. The van der Waals surface area contributed by atoms with Gasteiger partial charge in [-0.2, -0.15) is 0 Å². The summed E-state index contributed by atoms with van der Waals surface area (Å²) in [5, 5.41) is 2.37. The van der Waals surface area contributed by atoms with Crippen LogP contribution in [0.5, 0.6) is 0 Å². The van der Waals surface area contributed by atoms with Gasteiger partial charge in [-0.25, -0.2) is 8.78 Å². The summed E-state index contributed by atoms with van der Waals surface area (Å²) >= 11 is 0. The third kappa shape index (κ3) is 4.20. The summed E-state index contributed by atoms with van der Waals surface area (Å²) in [6, 6.07) is 1.44. The first-order valence-corrected chi connectivity index (χ1v) is 5.64. The number of carbonyl (C=O) groups excluding carboxylic acids is 2. The lowest BCUT2D eigenvalue weighted by molar-refractivity contribution is -0.142. The molecule has 0 radical (unpaired) electrons. The Hall–Kier alpha value is -2.18. The van der Waals surface area contributed by atoms with E-state index < -0.39 is 23.5 Å². The summed E-state index contributed by atoms with van der Waals surface area (Å²) in [6.45, 7) is 1.94. The highest BCUT2D eigenvalue weighted by atomic mass is 19.2. The number of nitrogens with one attached hydrogen (secondary N) is 1. The van der Waals surface area contributed by atoms with E-state index in [0.29, 0.717) is 6.07 Å². The zero-order valence-electron chi connectivity index (χ0n) is 10.3. The summed E-state index contributed by atoms with van der Waals surface area (Å²) < 4.78 is 30.5. The maximum atomic E-state index is 13.0. The quantitative estimate of drug-likeness (QED) is 0.624. The zero-order chi connectivity index (χ0) is 14.4. The molecule has 0 atom stereocenters. The van der Waals surface area contributed by atoms with Gasteiger partial charge in [0.15, 0.2) is 11.6 Å². The van der Waals surface area contributed by atoms with E-state index in [-0.39, 0.29) is 30.8 Å². The van der Waals surface area contributed by atoms with Crippen molar-refractivity contribution < 1.29 is 23.1 Å². The standard InChI is InChI=1S/C12H14F2N2O3/c1-2-19-11(17)3-4-16-12(18)7-5-8(13)9(14)6-10(7)15/h5-6H,2-4,15H2,1H3,(H,16,18). The number of hydrogen-bond donors (Lipinski definition) is 2. The molecule has 1 rings (SSSR count). The van der Waals surface area contributed by atoms with E-state index in [0.717, 1.165) is 6.07 Å². The Kier molecular flexibility index (Phi) is 5.23. The van der Waals surface area contributed by atoms with Crippen molar-refractivity contribution in [2.45, 2.75) is 13.3 Å². The molecule has 0 aliphatic heterocycles. The lowest BCUT2D eigenvalue weighted by Gasteiger charge is -2.08. The summed E-state index contributed by atoms with van der Waals surface area (Å²) in [6.07, 6.45) is -0.0108. The molecule has 0 aliphatic rings. The first-order chi connectivity index (χ1) is 8.95. The van der Waals surface area contributed by atoms with E-state index in [4.69, 9.17) is 5.73 Å². The van der Waals surface area contributed by atoms with Crippen LogP contribution in [0, 0.1) is 11.6 Å². The van der Waals surface area contributed by atoms with Crippen molar-refractivity contribution in [2.75, 3.05) is 18.9 Å². The Morgan fingerprint density at radius 3 is 2.58 bits per heavy atom. The molecule has 7 heteroatoms. The molecule has 0 saturated heterocycles. The number of benzene rings is 1. The van der Waals surface area contributed by atoms with Crippen molar-refractivity contribution in [3.8, 4) is 0 Å². The van der Waals surface area contributed by atoms with Crippen LogP contribution in [0.15, 0.2) is 12.1 Å². The molecule has 0 fully saturated rings. The number of rotatable bonds is 5. The molecule has 1 aromatic carbocycles. The molecule has 0 unspecified atom stereocenters. The average Bonchev–Trinajstić information content (AvgIpc) is 2.34. The van der Waals surface area contributed by atoms with Crippen LogP contribution in [0.25, 0.3) is 0 Å². The Morgan fingerprint density at radius 2 is 1.95 bits per heavy atom. The Bertz CT molecular complexity index is 492. The minimum Gasteiger partial charge on any atom is -0.466 e. The fraction of sp³-hybridized carbons (Fsp3) is 0.333. The lowest BCUT2D eigenvalue weighted by atomic mass is 10.1. The number of nitrogen functional groups attached to an aromatic ring is 1. The van der Waals surface area contributed by atoms with E-state index in [1.165, 1.54) is 0 Å². The van der Waals surface area contributed by atoms with Crippen molar-refractivity contribution in [3.63, 3.8) is 0 Å². The van der Waals surface area contributed by atoms with E-state index in [1.807, 2.05) is 0 Å². The van der Waals surface area contributed by atoms with Crippen LogP contribution in [-0.2, 0) is 9.53 Å². The summed E-state index contributed by atoms with van der Waals surface area (Å²) in [5.74, 6) is -3.42. The van der Waals surface area contributed by atoms with Gasteiger partial charge in [-0.15, -0.1) is 0 Å². The Labute approximate surface area is 108 Å². The highest BCUT2D eigenvalue weighted by Gasteiger charge is 2.14. The monoisotopic (exact) mass is 272 g/mol.